The maximum Gasteiger partial charge on any atom is 0.228 e. The summed E-state index contributed by atoms with van der Waals surface area (Å²) in [6, 6.07) is -0.968. The number of aliphatic hydroxyl groups excluding tert-OH is 4. The molecule has 0 radical (unpaired) electrons. The van der Waals surface area contributed by atoms with Crippen molar-refractivity contribution in [2.75, 3.05) is 0 Å². The molecule has 1 amide bonds. The summed E-state index contributed by atoms with van der Waals surface area (Å²) in [5, 5.41) is 57.2. The van der Waals surface area contributed by atoms with E-state index >= 15 is 0 Å². The third-order valence-electron chi connectivity index (χ3n) is 8.81. The van der Waals surface area contributed by atoms with E-state index in [4.69, 9.17) is 25.7 Å². The van der Waals surface area contributed by atoms with Gasteiger partial charge in [0.25, 0.3) is 0 Å². The number of allylic oxidation sites excluding steroid dienone is 1. The van der Waals surface area contributed by atoms with Gasteiger partial charge in [-0.1, -0.05) is 39.8 Å². The van der Waals surface area contributed by atoms with Crippen molar-refractivity contribution in [2.24, 2.45) is 29.2 Å². The molecule has 1 saturated carbocycles. The number of rotatable bonds is 11. The molecule has 0 bridgehead atoms. The number of hydrogen-bond acceptors (Lipinski definition) is 11. The number of carbonyl (C=O) groups excluding carboxylic acids is 1. The van der Waals surface area contributed by atoms with Crippen molar-refractivity contribution in [2.45, 2.75) is 152 Å². The second kappa shape index (κ2) is 15.2. The van der Waals surface area contributed by atoms with E-state index in [0.29, 0.717) is 0 Å². The maximum absolute atomic E-state index is 13.6. The van der Waals surface area contributed by atoms with Gasteiger partial charge in [0, 0.05) is 31.3 Å². The van der Waals surface area contributed by atoms with Gasteiger partial charge >= 0.3 is 0 Å². The van der Waals surface area contributed by atoms with Crippen LogP contribution in [0.25, 0.3) is 0 Å². The van der Waals surface area contributed by atoms with Crippen LogP contribution in [0.2, 0.25) is 0 Å². The number of nitrogens with two attached hydrogens (primary N) is 2. The van der Waals surface area contributed by atoms with Crippen molar-refractivity contribution < 1.29 is 44.5 Å². The largest absolute Gasteiger partial charge is 0.393 e. The molecule has 0 spiro atoms. The Labute approximate surface area is 249 Å². The van der Waals surface area contributed by atoms with Crippen LogP contribution in [0.4, 0.5) is 0 Å². The molecule has 12 nitrogen and oxygen atoms in total. The van der Waals surface area contributed by atoms with Gasteiger partial charge in [0.15, 0.2) is 12.1 Å². The summed E-state index contributed by atoms with van der Waals surface area (Å²) in [6.07, 6.45) is -1.86. The van der Waals surface area contributed by atoms with Crippen molar-refractivity contribution in [1.82, 2.24) is 5.32 Å². The van der Waals surface area contributed by atoms with Crippen molar-refractivity contribution >= 4 is 5.91 Å². The number of aliphatic hydroxyl groups is 5. The summed E-state index contributed by atoms with van der Waals surface area (Å²) < 4.78 is 18.1. The third-order valence-corrected chi connectivity index (χ3v) is 8.81. The van der Waals surface area contributed by atoms with Gasteiger partial charge in [-0.05, 0) is 44.4 Å². The lowest BCUT2D eigenvalue weighted by atomic mass is 9.81. The zero-order valence-electron chi connectivity index (χ0n) is 25.7. The fourth-order valence-electron chi connectivity index (χ4n) is 6.01. The highest BCUT2D eigenvalue weighted by Gasteiger charge is 2.51. The highest BCUT2D eigenvalue weighted by atomic mass is 16.7. The molecule has 244 valence electrons. The van der Waals surface area contributed by atoms with E-state index < -0.39 is 72.7 Å². The Kier molecular flexibility index (Phi) is 12.8. The second-order valence-electron chi connectivity index (χ2n) is 13.3. The standard InChI is InChI=1S/C30H55N3O9/c1-15(2)6-11-20(41-29-27(37)25(32)26(36)17(5)40-29)12-23-24(28(38)33-19-9-7-18(31)8-10-19)22(35)14-30(39,42-23)13-21(34)16(3)4/h6,11,15-27,29,34-37,39H,7-10,12-14,31-32H2,1-5H3,(H,33,38)/b11-6+/t17?,18-,19-,20-,21+,22-,23-,24+,25?,26?,27?,29?,30+/m0/s1. The molecule has 12 heteroatoms. The highest BCUT2D eigenvalue weighted by molar-refractivity contribution is 5.80. The molecule has 0 aromatic rings. The van der Waals surface area contributed by atoms with Gasteiger partial charge < -0.3 is 56.5 Å². The van der Waals surface area contributed by atoms with Gasteiger partial charge in [-0.15, -0.1) is 0 Å². The number of hydrogen-bond donors (Lipinski definition) is 8. The highest BCUT2D eigenvalue weighted by Crippen LogP contribution is 2.38. The minimum Gasteiger partial charge on any atom is -0.393 e. The monoisotopic (exact) mass is 601 g/mol. The molecule has 2 aliphatic heterocycles. The van der Waals surface area contributed by atoms with Crippen LogP contribution < -0.4 is 16.8 Å². The van der Waals surface area contributed by atoms with Gasteiger partial charge in [0.1, 0.15) is 6.10 Å². The van der Waals surface area contributed by atoms with Crippen molar-refractivity contribution in [1.29, 1.82) is 0 Å². The Hall–Kier alpha value is -1.19. The molecule has 3 aliphatic rings. The van der Waals surface area contributed by atoms with E-state index in [0.717, 1.165) is 25.7 Å². The lowest BCUT2D eigenvalue weighted by Gasteiger charge is -2.46. The fraction of sp³-hybridized carbons (Fsp3) is 0.900. The lowest BCUT2D eigenvalue weighted by molar-refractivity contribution is -0.307. The lowest BCUT2D eigenvalue weighted by Crippen LogP contribution is -2.62. The van der Waals surface area contributed by atoms with E-state index in [1.54, 1.807) is 13.0 Å². The smallest absolute Gasteiger partial charge is 0.228 e. The predicted octanol–water partition coefficient (Wildman–Crippen LogP) is 0.0155. The number of nitrogens with one attached hydrogen (secondary N) is 1. The topological polar surface area (TPSA) is 210 Å². The molecule has 0 aromatic heterocycles. The third kappa shape index (κ3) is 9.40. The minimum absolute atomic E-state index is 0.0206. The molecular weight excluding hydrogens is 546 g/mol. The van der Waals surface area contributed by atoms with Crippen LogP contribution in [0.5, 0.6) is 0 Å². The summed E-state index contributed by atoms with van der Waals surface area (Å²) in [4.78, 5) is 13.6. The molecule has 5 unspecified atom stereocenters. The van der Waals surface area contributed by atoms with Gasteiger partial charge in [-0.3, -0.25) is 4.79 Å². The summed E-state index contributed by atoms with van der Waals surface area (Å²) in [7, 11) is 0. The van der Waals surface area contributed by atoms with Crippen LogP contribution in [-0.4, -0.2) is 104 Å². The second-order valence-corrected chi connectivity index (χ2v) is 13.3. The number of carbonyl (C=O) groups is 1. The summed E-state index contributed by atoms with van der Waals surface area (Å²) in [5.41, 5.74) is 12.0. The number of ether oxygens (including phenoxy) is 3. The van der Waals surface area contributed by atoms with Crippen LogP contribution in [0.1, 0.15) is 79.6 Å². The molecule has 1 aliphatic carbocycles. The van der Waals surface area contributed by atoms with E-state index in [9.17, 15) is 30.3 Å². The molecule has 11 atom stereocenters. The maximum atomic E-state index is 13.6. The van der Waals surface area contributed by atoms with E-state index in [-0.39, 0.29) is 43.2 Å². The van der Waals surface area contributed by atoms with Crippen LogP contribution in [0.3, 0.4) is 0 Å². The first-order valence-electron chi connectivity index (χ1n) is 15.5. The number of amides is 1. The van der Waals surface area contributed by atoms with Crippen LogP contribution in [0.15, 0.2) is 12.2 Å². The first-order valence-corrected chi connectivity index (χ1v) is 15.5. The Bertz CT molecular complexity index is 884. The van der Waals surface area contributed by atoms with Crippen LogP contribution in [-0.2, 0) is 19.0 Å². The summed E-state index contributed by atoms with van der Waals surface area (Å²) in [6.45, 7) is 9.22. The van der Waals surface area contributed by atoms with Crippen molar-refractivity contribution in [3.05, 3.63) is 12.2 Å². The molecule has 3 rings (SSSR count). The van der Waals surface area contributed by atoms with Crippen LogP contribution in [0, 0.1) is 17.8 Å². The Balaban J connectivity index is 1.87. The summed E-state index contributed by atoms with van der Waals surface area (Å²) in [5.74, 6) is -3.32. The Morgan fingerprint density at radius 1 is 1.07 bits per heavy atom. The normalized spacial score (nSPS) is 41.3. The zero-order valence-corrected chi connectivity index (χ0v) is 25.7. The minimum atomic E-state index is -1.88. The van der Waals surface area contributed by atoms with Gasteiger partial charge in [0.2, 0.25) is 5.91 Å². The SMILES string of the molecule is CC(C)/C=C/[C@@H](C[C@@H]1O[C@](O)(C[C@@H](O)C(C)C)C[C@H](O)[C@H]1C(=O)N[C@H]1CC[C@H](N)CC1)OC1OC(C)C(O)C(N)C1O. The van der Waals surface area contributed by atoms with Crippen LogP contribution >= 0.6 is 0 Å². The molecule has 0 aromatic carbocycles. The fourth-order valence-corrected chi connectivity index (χ4v) is 6.01. The van der Waals surface area contributed by atoms with E-state index in [1.165, 1.54) is 0 Å². The van der Waals surface area contributed by atoms with E-state index in [2.05, 4.69) is 5.32 Å². The average Bonchev–Trinajstić information content (AvgIpc) is 2.89. The van der Waals surface area contributed by atoms with Crippen molar-refractivity contribution in [3.8, 4) is 0 Å². The Morgan fingerprint density at radius 3 is 2.31 bits per heavy atom. The van der Waals surface area contributed by atoms with Gasteiger partial charge in [0.05, 0.1) is 48.6 Å². The zero-order chi connectivity index (χ0) is 31.4. The Morgan fingerprint density at radius 2 is 1.71 bits per heavy atom. The van der Waals surface area contributed by atoms with Gasteiger partial charge in [-0.25, -0.2) is 0 Å². The first kappa shape index (κ1) is 35.3. The average molecular weight is 602 g/mol. The molecule has 2 saturated heterocycles. The first-order chi connectivity index (χ1) is 19.6. The molecule has 3 fully saturated rings. The molecule has 2 heterocycles. The van der Waals surface area contributed by atoms with Gasteiger partial charge in [-0.2, -0.15) is 0 Å². The molecule has 10 N–H and O–H groups in total. The van der Waals surface area contributed by atoms with Crippen molar-refractivity contribution in [3.63, 3.8) is 0 Å². The molecule has 42 heavy (non-hydrogen) atoms. The predicted molar refractivity (Wildman–Crippen MR) is 156 cm³/mol. The summed E-state index contributed by atoms with van der Waals surface area (Å²) >= 11 is 0. The quantitative estimate of drug-likeness (QED) is 0.148. The molecular formula is C30H55N3O9. The van der Waals surface area contributed by atoms with E-state index in [1.807, 2.05) is 33.8 Å².